The van der Waals surface area contributed by atoms with Gasteiger partial charge < -0.3 is 20.5 Å². The first-order chi connectivity index (χ1) is 8.88. The topological polar surface area (TPSA) is 110 Å². The fraction of sp³-hybridized carbons (Fsp3) is 0.636. The molecule has 0 saturated carbocycles. The van der Waals surface area contributed by atoms with Gasteiger partial charge >= 0.3 is 11.8 Å². The van der Waals surface area contributed by atoms with Gasteiger partial charge in [-0.25, -0.2) is 4.79 Å². The van der Waals surface area contributed by atoms with Gasteiger partial charge in [-0.3, -0.25) is 4.57 Å². The third kappa shape index (κ3) is 3.43. The van der Waals surface area contributed by atoms with Crippen LogP contribution in [0.2, 0.25) is 0 Å². The number of rotatable bonds is 7. The number of nitrogens with zero attached hydrogens (tertiary/aromatic N) is 3. The Morgan fingerprint density at radius 1 is 1.63 bits per heavy atom. The minimum absolute atomic E-state index is 0.131. The molecule has 106 valence electrons. The van der Waals surface area contributed by atoms with Gasteiger partial charge in [-0.05, 0) is 16.3 Å². The van der Waals surface area contributed by atoms with Gasteiger partial charge in [-0.15, -0.1) is 0 Å². The standard InChI is InChI=1S/C11H18N4O4/c1-4-5-6-8(11(16)17)13-9-10(15(18)19)12-7(2)14(9)3/h8,13H,4-6H2,1-3H3,(H,16,17). The van der Waals surface area contributed by atoms with Gasteiger partial charge in [0.15, 0.2) is 0 Å². The van der Waals surface area contributed by atoms with Gasteiger partial charge in [0.2, 0.25) is 11.6 Å². The van der Waals surface area contributed by atoms with Crippen molar-refractivity contribution < 1.29 is 14.8 Å². The highest BCUT2D eigenvalue weighted by Gasteiger charge is 2.27. The third-order valence-corrected chi connectivity index (χ3v) is 2.93. The Kier molecular flexibility index (Phi) is 4.85. The molecule has 19 heavy (non-hydrogen) atoms. The van der Waals surface area contributed by atoms with E-state index >= 15 is 0 Å². The number of carbonyl (C=O) groups is 1. The maximum absolute atomic E-state index is 11.1. The summed E-state index contributed by atoms with van der Waals surface area (Å²) in [7, 11) is 1.61. The molecule has 0 aliphatic heterocycles. The van der Waals surface area contributed by atoms with E-state index in [1.807, 2.05) is 6.92 Å². The molecule has 2 N–H and O–H groups in total. The van der Waals surface area contributed by atoms with Crippen LogP contribution < -0.4 is 5.32 Å². The zero-order valence-electron chi connectivity index (χ0n) is 11.2. The van der Waals surface area contributed by atoms with Crippen molar-refractivity contribution in [3.05, 3.63) is 15.9 Å². The van der Waals surface area contributed by atoms with Crippen LogP contribution in [0.25, 0.3) is 0 Å². The van der Waals surface area contributed by atoms with E-state index in [1.165, 1.54) is 4.57 Å². The lowest BCUT2D eigenvalue weighted by atomic mass is 10.1. The lowest BCUT2D eigenvalue weighted by Crippen LogP contribution is -2.30. The van der Waals surface area contributed by atoms with Crippen molar-refractivity contribution in [2.24, 2.45) is 7.05 Å². The molecule has 1 heterocycles. The molecule has 0 saturated heterocycles. The molecule has 1 aromatic heterocycles. The Labute approximate surface area is 110 Å². The predicted molar refractivity (Wildman–Crippen MR) is 69.2 cm³/mol. The number of anilines is 1. The van der Waals surface area contributed by atoms with E-state index in [0.717, 1.165) is 12.8 Å². The van der Waals surface area contributed by atoms with Crippen LogP contribution in [0.1, 0.15) is 32.0 Å². The largest absolute Gasteiger partial charge is 0.480 e. The average Bonchev–Trinajstić information content (AvgIpc) is 2.61. The summed E-state index contributed by atoms with van der Waals surface area (Å²) in [5, 5.41) is 22.7. The van der Waals surface area contributed by atoms with Crippen molar-refractivity contribution in [2.75, 3.05) is 5.32 Å². The minimum atomic E-state index is -1.03. The van der Waals surface area contributed by atoms with Crippen LogP contribution in [-0.2, 0) is 11.8 Å². The molecule has 8 heteroatoms. The second-order valence-electron chi connectivity index (χ2n) is 4.32. The van der Waals surface area contributed by atoms with Crippen LogP contribution in [0.4, 0.5) is 11.6 Å². The number of hydrogen-bond donors (Lipinski definition) is 2. The van der Waals surface area contributed by atoms with E-state index in [9.17, 15) is 14.9 Å². The van der Waals surface area contributed by atoms with Crippen molar-refractivity contribution in [2.45, 2.75) is 39.2 Å². The van der Waals surface area contributed by atoms with Crippen molar-refractivity contribution in [1.29, 1.82) is 0 Å². The summed E-state index contributed by atoms with van der Waals surface area (Å²) < 4.78 is 1.49. The van der Waals surface area contributed by atoms with Gasteiger partial charge in [0.25, 0.3) is 0 Å². The summed E-state index contributed by atoms with van der Waals surface area (Å²) in [6.45, 7) is 3.58. The van der Waals surface area contributed by atoms with Crippen LogP contribution in [0.3, 0.4) is 0 Å². The fourth-order valence-corrected chi connectivity index (χ4v) is 1.71. The lowest BCUT2D eigenvalue weighted by molar-refractivity contribution is -0.388. The number of aliphatic carboxylic acids is 1. The van der Waals surface area contributed by atoms with Crippen LogP contribution in [-0.4, -0.2) is 31.6 Å². The van der Waals surface area contributed by atoms with Crippen LogP contribution in [0.5, 0.6) is 0 Å². The molecule has 0 fully saturated rings. The number of carboxylic acids is 1. The number of carboxylic acid groups (broad SMARTS) is 1. The van der Waals surface area contributed by atoms with E-state index < -0.39 is 16.9 Å². The zero-order valence-corrected chi connectivity index (χ0v) is 11.2. The second kappa shape index (κ2) is 6.17. The summed E-state index contributed by atoms with van der Waals surface area (Å²) in [6, 6.07) is -0.853. The normalized spacial score (nSPS) is 12.2. The highest BCUT2D eigenvalue weighted by atomic mass is 16.6. The molecule has 1 rings (SSSR count). The van der Waals surface area contributed by atoms with E-state index in [2.05, 4.69) is 10.3 Å². The SMILES string of the molecule is CCCCC(Nc1c([N+](=O)[O-])nc(C)n1C)C(=O)O. The fourth-order valence-electron chi connectivity index (χ4n) is 1.71. The first-order valence-corrected chi connectivity index (χ1v) is 6.05. The van der Waals surface area contributed by atoms with Crippen LogP contribution >= 0.6 is 0 Å². The molecular formula is C11H18N4O4. The molecule has 0 aliphatic rings. The summed E-state index contributed by atoms with van der Waals surface area (Å²) in [5.41, 5.74) is 0. The Morgan fingerprint density at radius 3 is 2.74 bits per heavy atom. The van der Waals surface area contributed by atoms with Gasteiger partial charge in [0.1, 0.15) is 6.04 Å². The van der Waals surface area contributed by atoms with E-state index in [0.29, 0.717) is 12.2 Å². The summed E-state index contributed by atoms with van der Waals surface area (Å²) in [6.07, 6.45) is 2.00. The zero-order chi connectivity index (χ0) is 14.6. The molecule has 0 bridgehead atoms. The Morgan fingerprint density at radius 2 is 2.26 bits per heavy atom. The first-order valence-electron chi connectivity index (χ1n) is 6.05. The number of nitrogens with one attached hydrogen (secondary N) is 1. The maximum atomic E-state index is 11.1. The summed E-state index contributed by atoms with van der Waals surface area (Å²) in [4.78, 5) is 25.2. The number of imidazole rings is 1. The average molecular weight is 270 g/mol. The lowest BCUT2D eigenvalue weighted by Gasteiger charge is -2.14. The van der Waals surface area contributed by atoms with Crippen LogP contribution in [0.15, 0.2) is 0 Å². The van der Waals surface area contributed by atoms with Crippen molar-refractivity contribution >= 4 is 17.6 Å². The number of aryl methyl sites for hydroxylation is 1. The summed E-state index contributed by atoms with van der Waals surface area (Å²) in [5.74, 6) is -0.788. The molecule has 0 spiro atoms. The predicted octanol–water partition coefficient (Wildman–Crippen LogP) is 1.69. The van der Waals surface area contributed by atoms with E-state index in [-0.39, 0.29) is 11.6 Å². The highest BCUT2D eigenvalue weighted by molar-refractivity contribution is 5.77. The maximum Gasteiger partial charge on any atom is 0.406 e. The molecule has 1 aromatic rings. The molecule has 1 unspecified atom stereocenters. The molecule has 0 amide bonds. The minimum Gasteiger partial charge on any atom is -0.480 e. The molecule has 0 radical (unpaired) electrons. The molecule has 8 nitrogen and oxygen atoms in total. The number of hydrogen-bond acceptors (Lipinski definition) is 5. The smallest absolute Gasteiger partial charge is 0.406 e. The molecular weight excluding hydrogens is 252 g/mol. The second-order valence-corrected chi connectivity index (χ2v) is 4.32. The Bertz CT molecular complexity index is 483. The third-order valence-electron chi connectivity index (χ3n) is 2.93. The quantitative estimate of drug-likeness (QED) is 0.576. The van der Waals surface area contributed by atoms with Crippen LogP contribution in [0, 0.1) is 17.0 Å². The summed E-state index contributed by atoms with van der Waals surface area (Å²) >= 11 is 0. The number of aromatic nitrogens is 2. The van der Waals surface area contributed by atoms with Crippen molar-refractivity contribution in [3.8, 4) is 0 Å². The first kappa shape index (κ1) is 14.9. The Balaban J connectivity index is 3.01. The molecule has 0 aliphatic carbocycles. The Hall–Kier alpha value is -2.12. The van der Waals surface area contributed by atoms with Crippen molar-refractivity contribution in [1.82, 2.24) is 9.55 Å². The van der Waals surface area contributed by atoms with Gasteiger partial charge in [0.05, 0.1) is 0 Å². The van der Waals surface area contributed by atoms with Gasteiger partial charge in [0, 0.05) is 14.0 Å². The number of nitro groups is 1. The van der Waals surface area contributed by atoms with E-state index in [4.69, 9.17) is 5.11 Å². The number of unbranched alkanes of at least 4 members (excludes halogenated alkanes) is 1. The highest BCUT2D eigenvalue weighted by Crippen LogP contribution is 2.25. The van der Waals surface area contributed by atoms with E-state index in [1.54, 1.807) is 14.0 Å². The monoisotopic (exact) mass is 270 g/mol. The molecule has 0 aromatic carbocycles. The molecule has 1 atom stereocenters. The van der Waals surface area contributed by atoms with Gasteiger partial charge in [-0.1, -0.05) is 19.8 Å². The van der Waals surface area contributed by atoms with Crippen molar-refractivity contribution in [3.63, 3.8) is 0 Å². The van der Waals surface area contributed by atoms with Gasteiger partial charge in [-0.2, -0.15) is 0 Å².